The quantitative estimate of drug-likeness (QED) is 0.733. The van der Waals surface area contributed by atoms with Gasteiger partial charge in [0.2, 0.25) is 0 Å². The van der Waals surface area contributed by atoms with Gasteiger partial charge in [0, 0.05) is 12.1 Å². The van der Waals surface area contributed by atoms with Crippen LogP contribution < -0.4 is 0 Å². The third kappa shape index (κ3) is 3.04. The summed E-state index contributed by atoms with van der Waals surface area (Å²) in [5.41, 5.74) is 3.64. The predicted molar refractivity (Wildman–Crippen MR) is 82.5 cm³/mol. The summed E-state index contributed by atoms with van der Waals surface area (Å²) in [6.07, 6.45) is 4.36. The molecule has 3 nitrogen and oxygen atoms in total. The molecule has 0 saturated carbocycles. The first-order valence-corrected chi connectivity index (χ1v) is 7.01. The summed E-state index contributed by atoms with van der Waals surface area (Å²) in [6, 6.07) is 16.1. The number of halogens is 1. The largest absolute Gasteiger partial charge is 0.330 e. The van der Waals surface area contributed by atoms with Crippen molar-refractivity contribution in [2.24, 2.45) is 0 Å². The molecule has 0 saturated heterocycles. The van der Waals surface area contributed by atoms with Crippen LogP contribution in [0.2, 0.25) is 0 Å². The number of imidazole rings is 1. The molecule has 22 heavy (non-hydrogen) atoms. The number of hydrogen-bond acceptors (Lipinski definition) is 2. The van der Waals surface area contributed by atoms with Crippen LogP contribution in [0.25, 0.3) is 11.3 Å². The summed E-state index contributed by atoms with van der Waals surface area (Å²) in [4.78, 5) is 4.20. The normalized spacial score (nSPS) is 10.4. The molecule has 1 heterocycles. The van der Waals surface area contributed by atoms with Crippen molar-refractivity contribution in [3.8, 4) is 17.3 Å². The van der Waals surface area contributed by atoms with Crippen molar-refractivity contribution in [1.29, 1.82) is 5.26 Å². The van der Waals surface area contributed by atoms with Crippen LogP contribution in [0.3, 0.4) is 0 Å². The summed E-state index contributed by atoms with van der Waals surface area (Å²) in [5.74, 6) is -0.222. The molecule has 0 spiro atoms. The molecule has 4 heteroatoms. The standard InChI is InChI=1S/C18H14FN3/c19-17-6-4-14(5-7-17)8-9-22-13-21-12-18(22)16-3-1-2-15(10-16)11-20/h1-7,10,12-13H,8-9H2. The minimum absolute atomic E-state index is 0.222. The van der Waals surface area contributed by atoms with Gasteiger partial charge in [0.05, 0.1) is 29.9 Å². The SMILES string of the molecule is N#Cc1cccc(-c2cncn2CCc2ccc(F)cc2)c1. The Morgan fingerprint density at radius 2 is 1.95 bits per heavy atom. The van der Waals surface area contributed by atoms with Gasteiger partial charge >= 0.3 is 0 Å². The number of nitriles is 1. The molecule has 0 aliphatic rings. The summed E-state index contributed by atoms with van der Waals surface area (Å²) in [6.45, 7) is 0.748. The van der Waals surface area contributed by atoms with Crippen LogP contribution in [0.1, 0.15) is 11.1 Å². The van der Waals surface area contributed by atoms with E-state index in [2.05, 4.69) is 11.1 Å². The lowest BCUT2D eigenvalue weighted by molar-refractivity contribution is 0.625. The van der Waals surface area contributed by atoms with Gasteiger partial charge < -0.3 is 4.57 Å². The Hall–Kier alpha value is -2.93. The fraction of sp³-hybridized carbons (Fsp3) is 0.111. The van der Waals surface area contributed by atoms with Gasteiger partial charge in [0.1, 0.15) is 5.82 Å². The van der Waals surface area contributed by atoms with Crippen LogP contribution in [0.4, 0.5) is 4.39 Å². The first kappa shape index (κ1) is 14.0. The van der Waals surface area contributed by atoms with Crippen molar-refractivity contribution < 1.29 is 4.39 Å². The zero-order valence-corrected chi connectivity index (χ0v) is 11.9. The summed E-state index contributed by atoms with van der Waals surface area (Å²) in [5, 5.41) is 9.00. The second-order valence-electron chi connectivity index (χ2n) is 5.04. The maximum atomic E-state index is 12.9. The van der Waals surface area contributed by atoms with E-state index < -0.39 is 0 Å². The molecule has 0 aliphatic heterocycles. The van der Waals surface area contributed by atoms with Gasteiger partial charge in [0.25, 0.3) is 0 Å². The molecular weight excluding hydrogens is 277 g/mol. The monoisotopic (exact) mass is 291 g/mol. The van der Waals surface area contributed by atoms with Crippen LogP contribution in [-0.4, -0.2) is 9.55 Å². The molecule has 1 aromatic heterocycles. The Morgan fingerprint density at radius 3 is 2.73 bits per heavy atom. The molecule has 0 aliphatic carbocycles. The van der Waals surface area contributed by atoms with Crippen molar-refractivity contribution in [2.45, 2.75) is 13.0 Å². The Bertz CT molecular complexity index is 813. The van der Waals surface area contributed by atoms with Crippen molar-refractivity contribution in [1.82, 2.24) is 9.55 Å². The summed E-state index contributed by atoms with van der Waals surface area (Å²) < 4.78 is 15.0. The lowest BCUT2D eigenvalue weighted by atomic mass is 10.1. The van der Waals surface area contributed by atoms with E-state index in [1.807, 2.05) is 22.8 Å². The fourth-order valence-electron chi connectivity index (χ4n) is 2.39. The average Bonchev–Trinajstić information content (AvgIpc) is 3.03. The predicted octanol–water partition coefficient (Wildman–Crippen LogP) is 3.80. The Labute approximate surface area is 128 Å². The summed E-state index contributed by atoms with van der Waals surface area (Å²) >= 11 is 0. The maximum absolute atomic E-state index is 12.9. The van der Waals surface area contributed by atoms with E-state index in [4.69, 9.17) is 5.26 Å². The zero-order valence-electron chi connectivity index (χ0n) is 11.9. The molecule has 0 radical (unpaired) electrons. The van der Waals surface area contributed by atoms with E-state index in [1.165, 1.54) is 12.1 Å². The fourth-order valence-corrected chi connectivity index (χ4v) is 2.39. The maximum Gasteiger partial charge on any atom is 0.123 e. The number of aromatic nitrogens is 2. The Balaban J connectivity index is 1.80. The second kappa shape index (κ2) is 6.23. The van der Waals surface area contributed by atoms with E-state index in [0.29, 0.717) is 5.56 Å². The lowest BCUT2D eigenvalue weighted by Crippen LogP contribution is -2.02. The molecule has 2 aromatic carbocycles. The number of hydrogen-bond donors (Lipinski definition) is 0. The van der Waals surface area contributed by atoms with E-state index >= 15 is 0 Å². The second-order valence-corrected chi connectivity index (χ2v) is 5.04. The van der Waals surface area contributed by atoms with Gasteiger partial charge in [0.15, 0.2) is 0 Å². The van der Waals surface area contributed by atoms with Crippen LogP contribution in [-0.2, 0) is 13.0 Å². The molecule has 0 fully saturated rings. The van der Waals surface area contributed by atoms with Gasteiger partial charge in [-0.2, -0.15) is 5.26 Å². The minimum atomic E-state index is -0.222. The topological polar surface area (TPSA) is 41.6 Å². The molecule has 0 atom stereocenters. The van der Waals surface area contributed by atoms with E-state index in [0.717, 1.165) is 29.8 Å². The van der Waals surface area contributed by atoms with Crippen molar-refractivity contribution in [3.63, 3.8) is 0 Å². The molecule has 3 rings (SSSR count). The highest BCUT2D eigenvalue weighted by atomic mass is 19.1. The molecule has 3 aromatic rings. The van der Waals surface area contributed by atoms with Crippen molar-refractivity contribution >= 4 is 0 Å². The third-order valence-corrected chi connectivity index (χ3v) is 3.55. The van der Waals surface area contributed by atoms with Crippen molar-refractivity contribution in [3.05, 3.63) is 78.0 Å². The summed E-state index contributed by atoms with van der Waals surface area (Å²) in [7, 11) is 0. The minimum Gasteiger partial charge on any atom is -0.330 e. The molecular formula is C18H14FN3. The zero-order chi connectivity index (χ0) is 15.4. The highest BCUT2D eigenvalue weighted by Gasteiger charge is 2.06. The third-order valence-electron chi connectivity index (χ3n) is 3.55. The Morgan fingerprint density at radius 1 is 1.14 bits per heavy atom. The molecule has 0 unspecified atom stereocenters. The number of benzene rings is 2. The van der Waals surface area contributed by atoms with Crippen LogP contribution >= 0.6 is 0 Å². The van der Waals surface area contributed by atoms with Gasteiger partial charge in [-0.05, 0) is 36.2 Å². The highest BCUT2D eigenvalue weighted by molar-refractivity contribution is 5.61. The van der Waals surface area contributed by atoms with Crippen molar-refractivity contribution in [2.75, 3.05) is 0 Å². The molecule has 0 bridgehead atoms. The van der Waals surface area contributed by atoms with Crippen LogP contribution in [0.5, 0.6) is 0 Å². The number of nitrogens with zero attached hydrogens (tertiary/aromatic N) is 3. The average molecular weight is 291 g/mol. The van der Waals surface area contributed by atoms with Crippen LogP contribution in [0, 0.1) is 17.1 Å². The first-order valence-electron chi connectivity index (χ1n) is 7.01. The number of rotatable bonds is 4. The number of aryl methyl sites for hydroxylation is 2. The van der Waals surface area contributed by atoms with E-state index in [1.54, 1.807) is 30.7 Å². The molecule has 0 N–H and O–H groups in total. The Kier molecular flexibility index (Phi) is 3.97. The first-order chi connectivity index (χ1) is 10.8. The molecule has 0 amide bonds. The van der Waals surface area contributed by atoms with E-state index in [-0.39, 0.29) is 5.82 Å². The van der Waals surface area contributed by atoms with Gasteiger partial charge in [-0.25, -0.2) is 9.37 Å². The van der Waals surface area contributed by atoms with Gasteiger partial charge in [-0.15, -0.1) is 0 Å². The molecule has 108 valence electrons. The lowest BCUT2D eigenvalue weighted by Gasteiger charge is -2.08. The highest BCUT2D eigenvalue weighted by Crippen LogP contribution is 2.20. The van der Waals surface area contributed by atoms with E-state index in [9.17, 15) is 4.39 Å². The van der Waals surface area contributed by atoms with Gasteiger partial charge in [-0.1, -0.05) is 24.3 Å². The smallest absolute Gasteiger partial charge is 0.123 e. The van der Waals surface area contributed by atoms with Crippen LogP contribution in [0.15, 0.2) is 61.1 Å². The van der Waals surface area contributed by atoms with Gasteiger partial charge in [-0.3, -0.25) is 0 Å².